The minimum Gasteiger partial charge on any atom is -0.351 e. The molecule has 33 heavy (non-hydrogen) atoms. The molecule has 1 amide bonds. The summed E-state index contributed by atoms with van der Waals surface area (Å²) in [6.45, 7) is 0.541. The average molecular weight is 521 g/mol. The number of amides is 1. The fourth-order valence-electron chi connectivity index (χ4n) is 2.98. The van der Waals surface area contributed by atoms with E-state index in [9.17, 15) is 13.2 Å². The maximum Gasteiger partial charge on any atom is 0.264 e. The summed E-state index contributed by atoms with van der Waals surface area (Å²) < 4.78 is 27.0. The highest BCUT2D eigenvalue weighted by Crippen LogP contribution is 2.24. The van der Waals surface area contributed by atoms with Gasteiger partial charge in [0, 0.05) is 40.6 Å². The van der Waals surface area contributed by atoms with Gasteiger partial charge in [-0.3, -0.25) is 9.10 Å². The highest BCUT2D eigenvalue weighted by molar-refractivity contribution is 7.98. The zero-order chi connectivity index (χ0) is 23.8. The smallest absolute Gasteiger partial charge is 0.264 e. The van der Waals surface area contributed by atoms with Crippen molar-refractivity contribution < 1.29 is 13.2 Å². The van der Waals surface area contributed by atoms with Gasteiger partial charge < -0.3 is 5.32 Å². The Bertz CT molecular complexity index is 1170. The molecule has 0 aliphatic rings. The molecule has 0 fully saturated rings. The average Bonchev–Trinajstić information content (AvgIpc) is 2.84. The molecule has 3 aromatic rings. The first-order chi connectivity index (χ1) is 15.8. The van der Waals surface area contributed by atoms with Crippen LogP contribution >= 0.6 is 35.1 Å². The minimum atomic E-state index is -3.68. The highest BCUT2D eigenvalue weighted by Gasteiger charge is 2.21. The van der Waals surface area contributed by atoms with Crippen molar-refractivity contribution in [2.75, 3.05) is 29.9 Å². The predicted molar refractivity (Wildman–Crippen MR) is 140 cm³/mol. The number of sulfonamides is 1. The fraction of sp³-hybridized carbons (Fsp3) is 0.208. The van der Waals surface area contributed by atoms with Gasteiger partial charge in [0.25, 0.3) is 15.9 Å². The van der Waals surface area contributed by atoms with E-state index in [1.54, 1.807) is 72.1 Å². The molecule has 0 atom stereocenters. The lowest BCUT2D eigenvalue weighted by Crippen LogP contribution is -2.27. The zero-order valence-electron chi connectivity index (χ0n) is 18.3. The molecule has 0 heterocycles. The molecule has 0 saturated heterocycles. The molecule has 0 unspecified atom stereocenters. The van der Waals surface area contributed by atoms with Gasteiger partial charge in [0.1, 0.15) is 0 Å². The molecular formula is C24H25ClN2O3S3. The second-order valence-corrected chi connectivity index (χ2v) is 11.5. The summed E-state index contributed by atoms with van der Waals surface area (Å²) >= 11 is 9.17. The van der Waals surface area contributed by atoms with Crippen LogP contribution in [0.4, 0.5) is 5.69 Å². The van der Waals surface area contributed by atoms with Crippen LogP contribution in [0.1, 0.15) is 15.9 Å². The second-order valence-electron chi connectivity index (χ2n) is 7.13. The number of nitrogens with zero attached hydrogens (tertiary/aromatic N) is 1. The van der Waals surface area contributed by atoms with Gasteiger partial charge in [-0.2, -0.15) is 11.8 Å². The van der Waals surface area contributed by atoms with E-state index in [0.29, 0.717) is 17.8 Å². The predicted octanol–water partition coefficient (Wildman–Crippen LogP) is 5.55. The van der Waals surface area contributed by atoms with Crippen molar-refractivity contribution in [2.24, 2.45) is 0 Å². The van der Waals surface area contributed by atoms with E-state index >= 15 is 0 Å². The summed E-state index contributed by atoms with van der Waals surface area (Å²) in [5.41, 5.74) is 2.15. The largest absolute Gasteiger partial charge is 0.351 e. The third kappa shape index (κ3) is 6.93. The first kappa shape index (κ1) is 25.5. The van der Waals surface area contributed by atoms with Crippen LogP contribution in [0.3, 0.4) is 0 Å². The Labute approximate surface area is 209 Å². The molecule has 9 heteroatoms. The third-order valence-electron chi connectivity index (χ3n) is 4.92. The molecule has 5 nitrogen and oxygen atoms in total. The Hall–Kier alpha value is -2.13. The first-order valence-corrected chi connectivity index (χ1v) is 14.3. The number of halogens is 1. The molecule has 0 aliphatic heterocycles. The van der Waals surface area contributed by atoms with E-state index in [0.717, 1.165) is 21.4 Å². The summed E-state index contributed by atoms with van der Waals surface area (Å²) in [6, 6.07) is 21.0. The quantitative estimate of drug-likeness (QED) is 0.280. The summed E-state index contributed by atoms with van der Waals surface area (Å²) in [4.78, 5) is 13.6. The van der Waals surface area contributed by atoms with Crippen LogP contribution in [0.25, 0.3) is 0 Å². The van der Waals surface area contributed by atoms with E-state index in [4.69, 9.17) is 11.6 Å². The van der Waals surface area contributed by atoms with Crippen LogP contribution in [0.5, 0.6) is 0 Å². The molecule has 0 bridgehead atoms. The van der Waals surface area contributed by atoms with Crippen LogP contribution < -0.4 is 9.62 Å². The topological polar surface area (TPSA) is 66.5 Å². The van der Waals surface area contributed by atoms with Crippen molar-refractivity contribution in [3.8, 4) is 0 Å². The Morgan fingerprint density at radius 2 is 1.61 bits per heavy atom. The lowest BCUT2D eigenvalue weighted by atomic mass is 10.2. The minimum absolute atomic E-state index is 0.188. The van der Waals surface area contributed by atoms with Gasteiger partial charge in [-0.15, -0.1) is 11.8 Å². The summed E-state index contributed by atoms with van der Waals surface area (Å²) in [7, 11) is -2.18. The lowest BCUT2D eigenvalue weighted by molar-refractivity contribution is 0.0956. The van der Waals surface area contributed by atoms with Gasteiger partial charge in [0.05, 0.1) is 10.6 Å². The van der Waals surface area contributed by atoms with Gasteiger partial charge >= 0.3 is 0 Å². The molecular weight excluding hydrogens is 496 g/mol. The molecule has 174 valence electrons. The van der Waals surface area contributed by atoms with Gasteiger partial charge in [0.2, 0.25) is 0 Å². The number of thioether (sulfide) groups is 2. The van der Waals surface area contributed by atoms with Gasteiger partial charge in [-0.25, -0.2) is 8.42 Å². The van der Waals surface area contributed by atoms with E-state index in [1.807, 2.05) is 30.5 Å². The zero-order valence-corrected chi connectivity index (χ0v) is 21.5. The number of anilines is 1. The summed E-state index contributed by atoms with van der Waals surface area (Å²) in [5, 5.41) is 3.61. The van der Waals surface area contributed by atoms with Crippen molar-refractivity contribution in [3.63, 3.8) is 0 Å². The SMILES string of the molecule is CSc1ccc(S(=O)(=O)N(C)c2ccc(C(=O)NCCSCc3ccc(Cl)cc3)cc2)cc1. The van der Waals surface area contributed by atoms with Gasteiger partial charge in [-0.1, -0.05) is 23.7 Å². The maximum absolute atomic E-state index is 12.9. The van der Waals surface area contributed by atoms with E-state index in [-0.39, 0.29) is 10.8 Å². The first-order valence-electron chi connectivity index (χ1n) is 10.1. The Kier molecular flexibility index (Phi) is 9.14. The highest BCUT2D eigenvalue weighted by atomic mass is 35.5. The standard InChI is InChI=1S/C24H25ClN2O3S3/c1-27(33(29,30)23-13-11-22(31-2)12-14-23)21-9-5-19(6-10-21)24(28)26-15-16-32-17-18-3-7-20(25)8-4-18/h3-14H,15-17H2,1-2H3,(H,26,28). The van der Waals surface area contributed by atoms with E-state index in [2.05, 4.69) is 5.32 Å². The number of carbonyl (C=O) groups excluding carboxylic acids is 1. The van der Waals surface area contributed by atoms with E-state index in [1.165, 1.54) is 16.9 Å². The normalized spacial score (nSPS) is 11.2. The number of carbonyl (C=O) groups is 1. The number of rotatable bonds is 10. The van der Waals surface area contributed by atoms with Gasteiger partial charge in [0.15, 0.2) is 0 Å². The summed E-state index contributed by atoms with van der Waals surface area (Å²) in [5.74, 6) is 1.44. The molecule has 0 aromatic heterocycles. The van der Waals surface area contributed by atoms with Crippen LogP contribution in [0, 0.1) is 0 Å². The number of benzene rings is 3. The fourth-order valence-corrected chi connectivity index (χ4v) is 5.53. The van der Waals surface area contributed by atoms with Crippen molar-refractivity contribution in [3.05, 3.63) is 88.9 Å². The second kappa shape index (κ2) is 11.8. The molecule has 3 rings (SSSR count). The third-order valence-corrected chi connectivity index (χ3v) is 8.75. The monoisotopic (exact) mass is 520 g/mol. The molecule has 3 aromatic carbocycles. The molecule has 0 spiro atoms. The van der Waals surface area contributed by atoms with E-state index < -0.39 is 10.0 Å². The van der Waals surface area contributed by atoms with Crippen molar-refractivity contribution in [1.29, 1.82) is 0 Å². The van der Waals surface area contributed by atoms with Crippen molar-refractivity contribution in [1.82, 2.24) is 5.32 Å². The number of nitrogens with one attached hydrogen (secondary N) is 1. The molecule has 0 saturated carbocycles. The molecule has 0 radical (unpaired) electrons. The Morgan fingerprint density at radius 1 is 0.970 bits per heavy atom. The van der Waals surface area contributed by atoms with Crippen LogP contribution in [-0.2, 0) is 15.8 Å². The van der Waals surface area contributed by atoms with Crippen LogP contribution in [0.2, 0.25) is 5.02 Å². The van der Waals surface area contributed by atoms with Crippen LogP contribution in [0.15, 0.2) is 82.6 Å². The Morgan fingerprint density at radius 3 is 2.21 bits per heavy atom. The van der Waals surface area contributed by atoms with Crippen LogP contribution in [-0.4, -0.2) is 39.9 Å². The Balaban J connectivity index is 1.51. The molecule has 1 N–H and O–H groups in total. The van der Waals surface area contributed by atoms with Gasteiger partial charge in [-0.05, 0) is 72.5 Å². The molecule has 0 aliphatic carbocycles. The number of hydrogen-bond donors (Lipinski definition) is 1. The maximum atomic E-state index is 12.9. The number of hydrogen-bond acceptors (Lipinski definition) is 5. The van der Waals surface area contributed by atoms with Crippen molar-refractivity contribution in [2.45, 2.75) is 15.5 Å². The lowest BCUT2D eigenvalue weighted by Gasteiger charge is -2.20. The van der Waals surface area contributed by atoms with Crippen molar-refractivity contribution >= 4 is 56.7 Å². The summed E-state index contributed by atoms with van der Waals surface area (Å²) in [6.07, 6.45) is 1.94.